The molecule has 7 heteroatoms. The van der Waals surface area contributed by atoms with E-state index >= 15 is 0 Å². The smallest absolute Gasteiger partial charge is 0.150 e. The Balaban J connectivity index is 2.36. The van der Waals surface area contributed by atoms with Crippen LogP contribution in [0.15, 0.2) is 29.0 Å². The van der Waals surface area contributed by atoms with Gasteiger partial charge in [0.25, 0.3) is 0 Å². The summed E-state index contributed by atoms with van der Waals surface area (Å²) < 4.78 is 14.3. The number of para-hydroxylation sites is 1. The Bertz CT molecular complexity index is 574. The van der Waals surface area contributed by atoms with Gasteiger partial charge in [-0.1, -0.05) is 17.7 Å². The minimum atomic E-state index is -0.442. The summed E-state index contributed by atoms with van der Waals surface area (Å²) in [5, 5.41) is 6.22. The zero-order chi connectivity index (χ0) is 13.8. The molecule has 2 N–H and O–H groups in total. The molecule has 0 radical (unpaired) electrons. The van der Waals surface area contributed by atoms with E-state index in [4.69, 9.17) is 11.6 Å². The van der Waals surface area contributed by atoms with E-state index < -0.39 is 5.82 Å². The third-order valence-corrected chi connectivity index (χ3v) is 3.41. The molecule has 0 saturated carbocycles. The maximum atomic E-state index is 13.7. The molecule has 1 aromatic carbocycles. The van der Waals surface area contributed by atoms with E-state index in [2.05, 4.69) is 36.5 Å². The van der Waals surface area contributed by atoms with Gasteiger partial charge in [-0.15, -0.1) is 0 Å². The van der Waals surface area contributed by atoms with Gasteiger partial charge in [0.1, 0.15) is 28.3 Å². The molecule has 0 amide bonds. The first kappa shape index (κ1) is 14.0. The van der Waals surface area contributed by atoms with Gasteiger partial charge in [-0.25, -0.2) is 14.4 Å². The Morgan fingerprint density at radius 3 is 2.74 bits per heavy atom. The lowest BCUT2D eigenvalue weighted by Gasteiger charge is -2.12. The van der Waals surface area contributed by atoms with Crippen molar-refractivity contribution < 1.29 is 4.39 Å². The predicted molar refractivity (Wildman–Crippen MR) is 78.6 cm³/mol. The van der Waals surface area contributed by atoms with Crippen LogP contribution in [-0.4, -0.2) is 16.5 Å². The van der Waals surface area contributed by atoms with Crippen molar-refractivity contribution in [3.63, 3.8) is 0 Å². The second-order valence-electron chi connectivity index (χ2n) is 3.64. The topological polar surface area (TPSA) is 49.8 Å². The van der Waals surface area contributed by atoms with Crippen molar-refractivity contribution in [3.8, 4) is 0 Å². The van der Waals surface area contributed by atoms with Crippen LogP contribution in [0.2, 0.25) is 5.02 Å². The molecule has 0 aliphatic rings. The lowest BCUT2D eigenvalue weighted by atomic mass is 10.3. The molecule has 100 valence electrons. The normalized spacial score (nSPS) is 10.3. The average molecular weight is 346 g/mol. The molecule has 2 aromatic rings. The number of hydrogen-bond acceptors (Lipinski definition) is 4. The van der Waals surface area contributed by atoms with E-state index in [0.29, 0.717) is 16.1 Å². The summed E-state index contributed by atoms with van der Waals surface area (Å²) in [6.07, 6.45) is 1.39. The summed E-state index contributed by atoms with van der Waals surface area (Å²) in [4.78, 5) is 8.14. The van der Waals surface area contributed by atoms with Crippen molar-refractivity contribution in [3.05, 3.63) is 39.8 Å². The number of rotatable bonds is 4. The van der Waals surface area contributed by atoms with Gasteiger partial charge in [0.05, 0.1) is 10.7 Å². The van der Waals surface area contributed by atoms with Gasteiger partial charge in [-0.2, -0.15) is 0 Å². The molecular weight excluding hydrogens is 335 g/mol. The molecular formula is C12H11BrClFN4. The predicted octanol–water partition coefficient (Wildman–Crippen LogP) is 4.21. The van der Waals surface area contributed by atoms with Gasteiger partial charge in [-0.05, 0) is 35.0 Å². The summed E-state index contributed by atoms with van der Waals surface area (Å²) in [6.45, 7) is 2.67. The van der Waals surface area contributed by atoms with Crippen molar-refractivity contribution in [2.24, 2.45) is 0 Å². The Morgan fingerprint density at radius 1 is 1.32 bits per heavy atom. The van der Waals surface area contributed by atoms with Crippen LogP contribution in [0.3, 0.4) is 0 Å². The molecule has 1 heterocycles. The molecule has 2 rings (SSSR count). The summed E-state index contributed by atoms with van der Waals surface area (Å²) in [5.41, 5.74) is 0.186. The molecule has 0 saturated heterocycles. The van der Waals surface area contributed by atoms with Crippen LogP contribution in [0.25, 0.3) is 0 Å². The van der Waals surface area contributed by atoms with Crippen LogP contribution in [0.1, 0.15) is 6.92 Å². The quantitative estimate of drug-likeness (QED) is 0.871. The Morgan fingerprint density at radius 2 is 2.05 bits per heavy atom. The zero-order valence-electron chi connectivity index (χ0n) is 10.0. The molecule has 19 heavy (non-hydrogen) atoms. The number of anilines is 3. The fourth-order valence-electron chi connectivity index (χ4n) is 1.48. The van der Waals surface area contributed by atoms with E-state index in [1.807, 2.05) is 6.92 Å². The van der Waals surface area contributed by atoms with E-state index in [0.717, 1.165) is 6.54 Å². The number of nitrogens with zero attached hydrogens (tertiary/aromatic N) is 2. The third kappa shape index (κ3) is 3.13. The maximum Gasteiger partial charge on any atom is 0.150 e. The molecule has 0 aliphatic carbocycles. The fourth-order valence-corrected chi connectivity index (χ4v) is 2.14. The van der Waals surface area contributed by atoms with E-state index in [1.54, 1.807) is 12.1 Å². The first-order valence-electron chi connectivity index (χ1n) is 5.59. The number of nitrogens with one attached hydrogen (secondary N) is 2. The van der Waals surface area contributed by atoms with Gasteiger partial charge < -0.3 is 10.6 Å². The van der Waals surface area contributed by atoms with Crippen LogP contribution in [0.4, 0.5) is 21.7 Å². The standard InChI is InChI=1S/C12H11BrClFN4/c1-2-16-11-9(13)12(18-6-17-11)19-10-7(14)4-3-5-8(10)15/h3-6H,2H2,1H3,(H2,16,17,18,19). The highest BCUT2D eigenvalue weighted by molar-refractivity contribution is 9.10. The largest absolute Gasteiger partial charge is 0.369 e. The fraction of sp³-hybridized carbons (Fsp3) is 0.167. The van der Waals surface area contributed by atoms with Gasteiger partial charge in [-0.3, -0.25) is 0 Å². The van der Waals surface area contributed by atoms with Crippen molar-refractivity contribution in [2.75, 3.05) is 17.2 Å². The Kier molecular flexibility index (Phi) is 4.55. The zero-order valence-corrected chi connectivity index (χ0v) is 12.4. The van der Waals surface area contributed by atoms with Crippen molar-refractivity contribution in [1.29, 1.82) is 0 Å². The Labute approximate surface area is 123 Å². The first-order chi connectivity index (χ1) is 9.13. The first-order valence-corrected chi connectivity index (χ1v) is 6.76. The highest BCUT2D eigenvalue weighted by Gasteiger charge is 2.12. The van der Waals surface area contributed by atoms with Crippen LogP contribution >= 0.6 is 27.5 Å². The number of hydrogen-bond donors (Lipinski definition) is 2. The van der Waals surface area contributed by atoms with Crippen molar-refractivity contribution in [1.82, 2.24) is 9.97 Å². The molecule has 0 bridgehead atoms. The van der Waals surface area contributed by atoms with Crippen molar-refractivity contribution >= 4 is 44.9 Å². The Hall–Kier alpha value is -1.40. The second-order valence-corrected chi connectivity index (χ2v) is 4.84. The molecule has 0 atom stereocenters. The van der Waals surface area contributed by atoms with Crippen LogP contribution in [-0.2, 0) is 0 Å². The summed E-state index contributed by atoms with van der Waals surface area (Å²) in [6, 6.07) is 4.48. The van der Waals surface area contributed by atoms with Gasteiger partial charge in [0.2, 0.25) is 0 Å². The van der Waals surface area contributed by atoms with E-state index in [-0.39, 0.29) is 10.7 Å². The molecule has 4 nitrogen and oxygen atoms in total. The maximum absolute atomic E-state index is 13.7. The van der Waals surface area contributed by atoms with E-state index in [9.17, 15) is 4.39 Å². The van der Waals surface area contributed by atoms with Gasteiger partial charge in [0, 0.05) is 6.54 Å². The molecule has 0 unspecified atom stereocenters. The monoisotopic (exact) mass is 344 g/mol. The second kappa shape index (κ2) is 6.16. The lowest BCUT2D eigenvalue weighted by molar-refractivity contribution is 0.632. The summed E-state index contributed by atoms with van der Waals surface area (Å²) in [5.74, 6) is 0.633. The number of benzene rings is 1. The van der Waals surface area contributed by atoms with E-state index in [1.165, 1.54) is 12.4 Å². The SMILES string of the molecule is CCNc1ncnc(Nc2c(F)cccc2Cl)c1Br. The third-order valence-electron chi connectivity index (χ3n) is 2.34. The molecule has 0 spiro atoms. The number of aromatic nitrogens is 2. The molecule has 0 fully saturated rings. The van der Waals surface area contributed by atoms with Crippen molar-refractivity contribution in [2.45, 2.75) is 6.92 Å². The number of halogens is 3. The van der Waals surface area contributed by atoms with Crippen LogP contribution in [0.5, 0.6) is 0 Å². The molecule has 0 aliphatic heterocycles. The summed E-state index contributed by atoms with van der Waals surface area (Å²) in [7, 11) is 0. The van der Waals surface area contributed by atoms with Gasteiger partial charge in [0.15, 0.2) is 0 Å². The highest BCUT2D eigenvalue weighted by Crippen LogP contribution is 2.32. The minimum Gasteiger partial charge on any atom is -0.369 e. The average Bonchev–Trinajstić information content (AvgIpc) is 2.38. The highest BCUT2D eigenvalue weighted by atomic mass is 79.9. The molecule has 1 aromatic heterocycles. The summed E-state index contributed by atoms with van der Waals surface area (Å²) >= 11 is 9.33. The lowest BCUT2D eigenvalue weighted by Crippen LogP contribution is -2.04. The minimum absolute atomic E-state index is 0.186. The van der Waals surface area contributed by atoms with Crippen LogP contribution in [0, 0.1) is 5.82 Å². The van der Waals surface area contributed by atoms with Crippen LogP contribution < -0.4 is 10.6 Å². The van der Waals surface area contributed by atoms with Gasteiger partial charge >= 0.3 is 0 Å².